The molecule has 0 bridgehead atoms. The van der Waals surface area contributed by atoms with Crippen molar-refractivity contribution in [1.82, 2.24) is 14.5 Å². The lowest BCUT2D eigenvalue weighted by Crippen LogP contribution is -2.35. The molecule has 1 aliphatic heterocycles. The zero-order chi connectivity index (χ0) is 17.8. The predicted octanol–water partition coefficient (Wildman–Crippen LogP) is 4.77. The number of para-hydroxylation sites is 2. The van der Waals surface area contributed by atoms with Crippen LogP contribution in [-0.4, -0.2) is 34.1 Å². The molecule has 0 spiro atoms. The van der Waals surface area contributed by atoms with Crippen molar-refractivity contribution in [2.24, 2.45) is 5.92 Å². The molecule has 1 aliphatic rings. The first kappa shape index (κ1) is 17.0. The van der Waals surface area contributed by atoms with Crippen molar-refractivity contribution < 1.29 is 0 Å². The second-order valence-corrected chi connectivity index (χ2v) is 7.32. The standard InChI is InChI=1S/C23H27N3/c1-19-24-22-11-5-6-12-23(22)26(19)18-21-13-16-25(17-14-21)15-7-10-20-8-3-2-4-9-20/h2-12,21H,13-18H2,1H3/b10-7+. The quantitative estimate of drug-likeness (QED) is 0.664. The highest BCUT2D eigenvalue weighted by molar-refractivity contribution is 5.75. The molecule has 0 amide bonds. The first-order valence-corrected chi connectivity index (χ1v) is 9.65. The third-order valence-electron chi connectivity index (χ3n) is 5.47. The fourth-order valence-electron chi connectivity index (χ4n) is 3.94. The van der Waals surface area contributed by atoms with E-state index >= 15 is 0 Å². The van der Waals surface area contributed by atoms with E-state index in [-0.39, 0.29) is 0 Å². The van der Waals surface area contributed by atoms with Crippen LogP contribution >= 0.6 is 0 Å². The van der Waals surface area contributed by atoms with Gasteiger partial charge in [-0.1, -0.05) is 54.6 Å². The van der Waals surface area contributed by atoms with Gasteiger partial charge in [-0.2, -0.15) is 0 Å². The molecule has 0 aliphatic carbocycles. The second-order valence-electron chi connectivity index (χ2n) is 7.32. The average Bonchev–Trinajstić information content (AvgIpc) is 2.99. The SMILES string of the molecule is Cc1nc2ccccc2n1CC1CCN(C/C=C/c2ccccc2)CC1. The molecule has 134 valence electrons. The Morgan fingerprint density at radius 3 is 2.54 bits per heavy atom. The Morgan fingerprint density at radius 2 is 1.73 bits per heavy atom. The Morgan fingerprint density at radius 1 is 1.00 bits per heavy atom. The molecule has 2 heterocycles. The highest BCUT2D eigenvalue weighted by atomic mass is 15.1. The molecule has 2 aromatic carbocycles. The van der Waals surface area contributed by atoms with Gasteiger partial charge in [0.15, 0.2) is 0 Å². The van der Waals surface area contributed by atoms with Gasteiger partial charge in [0.25, 0.3) is 0 Å². The van der Waals surface area contributed by atoms with Crippen LogP contribution in [0.15, 0.2) is 60.7 Å². The van der Waals surface area contributed by atoms with Crippen LogP contribution in [0.4, 0.5) is 0 Å². The van der Waals surface area contributed by atoms with E-state index in [4.69, 9.17) is 4.98 Å². The molecule has 0 atom stereocenters. The van der Waals surface area contributed by atoms with Crippen LogP contribution in [0.1, 0.15) is 24.2 Å². The van der Waals surface area contributed by atoms with Gasteiger partial charge in [-0.15, -0.1) is 0 Å². The third-order valence-corrected chi connectivity index (χ3v) is 5.47. The second kappa shape index (κ2) is 7.88. The fourth-order valence-corrected chi connectivity index (χ4v) is 3.94. The van der Waals surface area contributed by atoms with Crippen LogP contribution in [0.3, 0.4) is 0 Å². The number of benzene rings is 2. The van der Waals surface area contributed by atoms with Crippen LogP contribution in [0.5, 0.6) is 0 Å². The van der Waals surface area contributed by atoms with E-state index < -0.39 is 0 Å². The minimum atomic E-state index is 0.751. The highest BCUT2D eigenvalue weighted by Gasteiger charge is 2.20. The number of hydrogen-bond donors (Lipinski definition) is 0. The first-order chi connectivity index (χ1) is 12.8. The molecule has 1 saturated heterocycles. The lowest BCUT2D eigenvalue weighted by atomic mass is 9.96. The van der Waals surface area contributed by atoms with Gasteiger partial charge in [-0.05, 0) is 56.5 Å². The molecule has 0 N–H and O–H groups in total. The molecule has 0 unspecified atom stereocenters. The Kier molecular flexibility index (Phi) is 5.16. The number of aromatic nitrogens is 2. The summed E-state index contributed by atoms with van der Waals surface area (Å²) in [6, 6.07) is 19.0. The molecule has 1 aromatic heterocycles. The van der Waals surface area contributed by atoms with Crippen molar-refractivity contribution in [2.75, 3.05) is 19.6 Å². The van der Waals surface area contributed by atoms with Crippen LogP contribution in [0.2, 0.25) is 0 Å². The largest absolute Gasteiger partial charge is 0.328 e. The van der Waals surface area contributed by atoms with E-state index in [9.17, 15) is 0 Å². The van der Waals surface area contributed by atoms with Crippen LogP contribution in [-0.2, 0) is 6.54 Å². The maximum absolute atomic E-state index is 4.71. The third kappa shape index (κ3) is 3.88. The molecular formula is C23H27N3. The molecule has 26 heavy (non-hydrogen) atoms. The summed E-state index contributed by atoms with van der Waals surface area (Å²) in [5, 5.41) is 0. The van der Waals surface area contributed by atoms with Crippen molar-refractivity contribution in [1.29, 1.82) is 0 Å². The van der Waals surface area contributed by atoms with E-state index in [1.165, 1.54) is 37.0 Å². The van der Waals surface area contributed by atoms with Gasteiger partial charge in [-0.3, -0.25) is 4.90 Å². The topological polar surface area (TPSA) is 21.1 Å². The van der Waals surface area contributed by atoms with Crippen molar-refractivity contribution in [3.63, 3.8) is 0 Å². The van der Waals surface area contributed by atoms with Crippen LogP contribution < -0.4 is 0 Å². The number of aryl methyl sites for hydroxylation is 1. The van der Waals surface area contributed by atoms with Crippen molar-refractivity contribution in [2.45, 2.75) is 26.3 Å². The summed E-state index contributed by atoms with van der Waals surface area (Å²) in [7, 11) is 0. The number of nitrogens with zero attached hydrogens (tertiary/aromatic N) is 3. The number of hydrogen-bond acceptors (Lipinski definition) is 2. The lowest BCUT2D eigenvalue weighted by molar-refractivity contribution is 0.189. The Labute approximate surface area is 156 Å². The monoisotopic (exact) mass is 345 g/mol. The number of likely N-dealkylation sites (tertiary alicyclic amines) is 1. The first-order valence-electron chi connectivity index (χ1n) is 9.65. The van der Waals surface area contributed by atoms with E-state index in [2.05, 4.69) is 83.1 Å². The highest BCUT2D eigenvalue weighted by Crippen LogP contribution is 2.23. The lowest BCUT2D eigenvalue weighted by Gasteiger charge is -2.31. The van der Waals surface area contributed by atoms with Gasteiger partial charge in [-0.25, -0.2) is 4.98 Å². The zero-order valence-corrected chi connectivity index (χ0v) is 15.5. The summed E-state index contributed by atoms with van der Waals surface area (Å²) in [6.07, 6.45) is 7.06. The number of rotatable bonds is 5. The molecular weight excluding hydrogens is 318 g/mol. The van der Waals surface area contributed by atoms with Crippen LogP contribution in [0, 0.1) is 12.8 Å². The number of fused-ring (bicyclic) bond motifs is 1. The van der Waals surface area contributed by atoms with Crippen molar-refractivity contribution in [3.05, 3.63) is 72.1 Å². The summed E-state index contributed by atoms with van der Waals surface area (Å²) < 4.78 is 2.41. The van der Waals surface area contributed by atoms with Gasteiger partial charge >= 0.3 is 0 Å². The maximum Gasteiger partial charge on any atom is 0.106 e. The van der Waals surface area contributed by atoms with E-state index in [1.54, 1.807) is 0 Å². The Bertz CT molecular complexity index is 871. The maximum atomic E-state index is 4.71. The van der Waals surface area contributed by atoms with Gasteiger partial charge < -0.3 is 4.57 Å². The minimum absolute atomic E-state index is 0.751. The summed E-state index contributed by atoms with van der Waals surface area (Å²) in [5.74, 6) is 1.89. The predicted molar refractivity (Wildman–Crippen MR) is 109 cm³/mol. The molecule has 4 rings (SSSR count). The minimum Gasteiger partial charge on any atom is -0.328 e. The summed E-state index contributed by atoms with van der Waals surface area (Å²) >= 11 is 0. The molecule has 1 fully saturated rings. The van der Waals surface area contributed by atoms with E-state index in [1.807, 2.05) is 0 Å². The number of piperidine rings is 1. The average molecular weight is 345 g/mol. The summed E-state index contributed by atoms with van der Waals surface area (Å²) in [6.45, 7) is 6.66. The van der Waals surface area contributed by atoms with Gasteiger partial charge in [0.1, 0.15) is 5.82 Å². The van der Waals surface area contributed by atoms with Crippen molar-refractivity contribution in [3.8, 4) is 0 Å². The molecule has 0 saturated carbocycles. The van der Waals surface area contributed by atoms with Gasteiger partial charge in [0.2, 0.25) is 0 Å². The summed E-state index contributed by atoms with van der Waals surface area (Å²) in [4.78, 5) is 7.27. The molecule has 3 heteroatoms. The normalized spacial score (nSPS) is 16.7. The smallest absolute Gasteiger partial charge is 0.106 e. The Balaban J connectivity index is 1.31. The van der Waals surface area contributed by atoms with Gasteiger partial charge in [0, 0.05) is 13.1 Å². The van der Waals surface area contributed by atoms with Crippen molar-refractivity contribution >= 4 is 17.1 Å². The fraction of sp³-hybridized carbons (Fsp3) is 0.348. The van der Waals surface area contributed by atoms with E-state index in [0.29, 0.717) is 0 Å². The molecule has 3 aromatic rings. The molecule has 3 nitrogen and oxygen atoms in total. The zero-order valence-electron chi connectivity index (χ0n) is 15.5. The van der Waals surface area contributed by atoms with E-state index in [0.717, 1.165) is 30.3 Å². The Hall–Kier alpha value is -2.39. The van der Waals surface area contributed by atoms with Gasteiger partial charge in [0.05, 0.1) is 11.0 Å². The summed E-state index contributed by atoms with van der Waals surface area (Å²) in [5.41, 5.74) is 3.68. The molecule has 0 radical (unpaired) electrons. The number of imidazole rings is 1. The van der Waals surface area contributed by atoms with Crippen LogP contribution in [0.25, 0.3) is 17.1 Å².